The van der Waals surface area contributed by atoms with Crippen LogP contribution in [0.4, 0.5) is 4.39 Å². The lowest BCUT2D eigenvalue weighted by Crippen LogP contribution is -2.11. The maximum Gasteiger partial charge on any atom is 0.127 e. The van der Waals surface area contributed by atoms with Gasteiger partial charge in [-0.2, -0.15) is 5.10 Å². The molecule has 1 aliphatic heterocycles. The van der Waals surface area contributed by atoms with Crippen molar-refractivity contribution in [3.8, 4) is 0 Å². The molecule has 0 amide bonds. The minimum atomic E-state index is -0.240. The van der Waals surface area contributed by atoms with Gasteiger partial charge in [0, 0.05) is 18.4 Å². The van der Waals surface area contributed by atoms with Gasteiger partial charge in [0.25, 0.3) is 0 Å². The fourth-order valence-electron chi connectivity index (χ4n) is 2.15. The van der Waals surface area contributed by atoms with Crippen molar-refractivity contribution < 1.29 is 9.13 Å². The first-order valence-corrected chi connectivity index (χ1v) is 6.80. The first-order chi connectivity index (χ1) is 9.61. The normalized spacial score (nSPS) is 20.2. The molecule has 0 saturated carbocycles. The SMILES string of the molecule is CC(C)c1ccc(/C(C=N[C@@H]2CCOC2)=N/N)cc1F. The fraction of sp³-hybridized carbons (Fsp3) is 0.467. The summed E-state index contributed by atoms with van der Waals surface area (Å²) in [5, 5.41) is 3.69. The lowest BCUT2D eigenvalue weighted by molar-refractivity contribution is 0.194. The van der Waals surface area contributed by atoms with Gasteiger partial charge in [-0.15, -0.1) is 0 Å². The van der Waals surface area contributed by atoms with Gasteiger partial charge >= 0.3 is 0 Å². The molecule has 0 bridgehead atoms. The molecular formula is C15H20FN3O. The van der Waals surface area contributed by atoms with E-state index >= 15 is 0 Å². The topological polar surface area (TPSA) is 60.0 Å². The highest BCUT2D eigenvalue weighted by Gasteiger charge is 2.14. The third-order valence-electron chi connectivity index (χ3n) is 3.37. The van der Waals surface area contributed by atoms with Crippen LogP contribution in [-0.4, -0.2) is 31.2 Å². The van der Waals surface area contributed by atoms with E-state index in [4.69, 9.17) is 10.6 Å². The molecule has 108 valence electrons. The van der Waals surface area contributed by atoms with Gasteiger partial charge in [-0.25, -0.2) is 4.39 Å². The number of benzene rings is 1. The van der Waals surface area contributed by atoms with E-state index in [2.05, 4.69) is 10.1 Å². The smallest absolute Gasteiger partial charge is 0.127 e. The van der Waals surface area contributed by atoms with Crippen molar-refractivity contribution in [3.63, 3.8) is 0 Å². The summed E-state index contributed by atoms with van der Waals surface area (Å²) in [4.78, 5) is 4.37. The molecule has 20 heavy (non-hydrogen) atoms. The Labute approximate surface area is 118 Å². The van der Waals surface area contributed by atoms with Crippen LogP contribution in [0.15, 0.2) is 28.3 Å². The number of nitrogens with zero attached hydrogens (tertiary/aromatic N) is 2. The zero-order valence-corrected chi connectivity index (χ0v) is 11.8. The second kappa shape index (κ2) is 6.61. The molecule has 1 heterocycles. The average molecular weight is 277 g/mol. The van der Waals surface area contributed by atoms with Gasteiger partial charge in [0.05, 0.1) is 12.6 Å². The molecule has 4 nitrogen and oxygen atoms in total. The molecule has 0 radical (unpaired) electrons. The molecule has 1 saturated heterocycles. The van der Waals surface area contributed by atoms with Crippen LogP contribution >= 0.6 is 0 Å². The highest BCUT2D eigenvalue weighted by molar-refractivity contribution is 6.38. The summed E-state index contributed by atoms with van der Waals surface area (Å²) < 4.78 is 19.2. The van der Waals surface area contributed by atoms with Crippen molar-refractivity contribution >= 4 is 11.9 Å². The average Bonchev–Trinajstić information content (AvgIpc) is 2.92. The number of halogens is 1. The zero-order valence-electron chi connectivity index (χ0n) is 11.8. The Kier molecular flexibility index (Phi) is 4.84. The largest absolute Gasteiger partial charge is 0.379 e. The van der Waals surface area contributed by atoms with E-state index in [1.807, 2.05) is 19.9 Å². The fourth-order valence-corrected chi connectivity index (χ4v) is 2.15. The quantitative estimate of drug-likeness (QED) is 0.522. The van der Waals surface area contributed by atoms with Gasteiger partial charge in [0.2, 0.25) is 0 Å². The summed E-state index contributed by atoms with van der Waals surface area (Å²) in [5.74, 6) is 5.29. The number of rotatable bonds is 4. The summed E-state index contributed by atoms with van der Waals surface area (Å²) in [5.41, 5.74) is 1.80. The number of aliphatic imine (C=N–C) groups is 1. The van der Waals surface area contributed by atoms with Crippen LogP contribution in [-0.2, 0) is 4.74 Å². The van der Waals surface area contributed by atoms with Crippen LogP contribution < -0.4 is 5.84 Å². The maximum atomic E-state index is 14.0. The van der Waals surface area contributed by atoms with Gasteiger partial charge in [-0.05, 0) is 24.0 Å². The van der Waals surface area contributed by atoms with Crippen molar-refractivity contribution in [3.05, 3.63) is 35.1 Å². The molecule has 0 aliphatic carbocycles. The van der Waals surface area contributed by atoms with Gasteiger partial charge in [-0.1, -0.05) is 26.0 Å². The van der Waals surface area contributed by atoms with Gasteiger partial charge in [-0.3, -0.25) is 4.99 Å². The second-order valence-corrected chi connectivity index (χ2v) is 5.20. The van der Waals surface area contributed by atoms with Gasteiger partial charge in [0.1, 0.15) is 11.5 Å². The van der Waals surface area contributed by atoms with Gasteiger partial charge in [0.15, 0.2) is 0 Å². The van der Waals surface area contributed by atoms with E-state index in [1.54, 1.807) is 12.3 Å². The zero-order chi connectivity index (χ0) is 14.5. The Morgan fingerprint density at radius 3 is 2.85 bits per heavy atom. The summed E-state index contributed by atoms with van der Waals surface area (Å²) in [6.07, 6.45) is 2.50. The highest BCUT2D eigenvalue weighted by atomic mass is 19.1. The molecule has 2 rings (SSSR count). The van der Waals surface area contributed by atoms with E-state index in [1.165, 1.54) is 6.07 Å². The number of hydrogen-bond acceptors (Lipinski definition) is 4. The molecule has 1 atom stereocenters. The monoisotopic (exact) mass is 277 g/mol. The Morgan fingerprint density at radius 1 is 1.50 bits per heavy atom. The Bertz CT molecular complexity index is 520. The van der Waals surface area contributed by atoms with Crippen LogP contribution in [0.25, 0.3) is 0 Å². The Hall–Kier alpha value is -1.75. The van der Waals surface area contributed by atoms with Crippen LogP contribution in [0.5, 0.6) is 0 Å². The van der Waals surface area contributed by atoms with Crippen molar-refractivity contribution in [2.75, 3.05) is 13.2 Å². The molecule has 0 unspecified atom stereocenters. The number of nitrogens with two attached hydrogens (primary N) is 1. The van der Waals surface area contributed by atoms with E-state index in [0.29, 0.717) is 23.4 Å². The molecule has 5 heteroatoms. The lowest BCUT2D eigenvalue weighted by atomic mass is 9.99. The minimum Gasteiger partial charge on any atom is -0.379 e. The molecule has 0 spiro atoms. The molecular weight excluding hydrogens is 257 g/mol. The van der Waals surface area contributed by atoms with Crippen molar-refractivity contribution in [1.29, 1.82) is 0 Å². The molecule has 0 aromatic heterocycles. The number of ether oxygens (including phenoxy) is 1. The third kappa shape index (κ3) is 3.42. The molecule has 1 aromatic rings. The molecule has 1 aliphatic rings. The van der Waals surface area contributed by atoms with E-state index in [9.17, 15) is 4.39 Å². The van der Waals surface area contributed by atoms with Crippen molar-refractivity contribution in [2.24, 2.45) is 15.9 Å². The molecule has 1 aromatic carbocycles. The summed E-state index contributed by atoms with van der Waals surface area (Å²) in [7, 11) is 0. The van der Waals surface area contributed by atoms with Crippen LogP contribution in [0.1, 0.15) is 37.3 Å². The lowest BCUT2D eigenvalue weighted by Gasteiger charge is -2.09. The first kappa shape index (κ1) is 14.7. The first-order valence-electron chi connectivity index (χ1n) is 6.80. The Morgan fingerprint density at radius 2 is 2.30 bits per heavy atom. The number of hydrazone groups is 1. The van der Waals surface area contributed by atoms with Crippen molar-refractivity contribution in [2.45, 2.75) is 32.2 Å². The van der Waals surface area contributed by atoms with Gasteiger partial charge < -0.3 is 10.6 Å². The Balaban J connectivity index is 2.17. The van der Waals surface area contributed by atoms with E-state index < -0.39 is 0 Å². The van der Waals surface area contributed by atoms with E-state index in [0.717, 1.165) is 13.0 Å². The molecule has 2 N–H and O–H groups in total. The highest BCUT2D eigenvalue weighted by Crippen LogP contribution is 2.19. The van der Waals surface area contributed by atoms with Crippen LogP contribution in [0, 0.1) is 5.82 Å². The standard InChI is InChI=1S/C15H20FN3O/c1-10(2)13-4-3-11(7-14(13)16)15(19-17)8-18-12-5-6-20-9-12/h3-4,7-8,10,12H,5-6,9,17H2,1-2H3/b18-8?,19-15+/t12-/m1/s1. The van der Waals surface area contributed by atoms with Crippen LogP contribution in [0.2, 0.25) is 0 Å². The number of hydrogen-bond donors (Lipinski definition) is 1. The molecule has 1 fully saturated rings. The minimum absolute atomic E-state index is 0.145. The van der Waals surface area contributed by atoms with Crippen LogP contribution in [0.3, 0.4) is 0 Å². The summed E-state index contributed by atoms with van der Waals surface area (Å²) >= 11 is 0. The third-order valence-corrected chi connectivity index (χ3v) is 3.37. The van der Waals surface area contributed by atoms with E-state index in [-0.39, 0.29) is 17.8 Å². The predicted molar refractivity (Wildman–Crippen MR) is 78.9 cm³/mol. The summed E-state index contributed by atoms with van der Waals surface area (Å²) in [6.45, 7) is 5.26. The summed E-state index contributed by atoms with van der Waals surface area (Å²) in [6, 6.07) is 5.19. The van der Waals surface area contributed by atoms with Crippen molar-refractivity contribution in [1.82, 2.24) is 0 Å². The maximum absolute atomic E-state index is 14.0. The second-order valence-electron chi connectivity index (χ2n) is 5.20. The predicted octanol–water partition coefficient (Wildman–Crippen LogP) is 2.47.